The first-order valence-electron chi connectivity index (χ1n) is 6.57. The summed E-state index contributed by atoms with van der Waals surface area (Å²) in [6.07, 6.45) is 0.149. The standard InChI is InChI=1S/C16H15F4N/c1-10(5-14-15(19)3-2-4-16(14)20)21-9-11-6-12(17)8-13(18)7-11/h2-4,6-8,10,21H,5,9H2,1H3. The Morgan fingerprint density at radius 1 is 0.952 bits per heavy atom. The van der Waals surface area contributed by atoms with Crippen molar-refractivity contribution in [2.45, 2.75) is 25.9 Å². The van der Waals surface area contributed by atoms with Crippen LogP contribution in [0.25, 0.3) is 0 Å². The lowest BCUT2D eigenvalue weighted by Gasteiger charge is -2.15. The summed E-state index contributed by atoms with van der Waals surface area (Å²) in [4.78, 5) is 0. The van der Waals surface area contributed by atoms with Crippen LogP contribution >= 0.6 is 0 Å². The zero-order valence-corrected chi connectivity index (χ0v) is 11.5. The van der Waals surface area contributed by atoms with Crippen LogP contribution in [0.1, 0.15) is 18.1 Å². The van der Waals surface area contributed by atoms with Crippen LogP contribution in [0.5, 0.6) is 0 Å². The molecule has 0 aliphatic heterocycles. The number of benzene rings is 2. The van der Waals surface area contributed by atoms with E-state index in [1.54, 1.807) is 6.92 Å². The van der Waals surface area contributed by atoms with Crippen molar-refractivity contribution in [3.8, 4) is 0 Å². The molecule has 0 saturated heterocycles. The van der Waals surface area contributed by atoms with Gasteiger partial charge in [0.05, 0.1) is 0 Å². The third-order valence-corrected chi connectivity index (χ3v) is 3.15. The van der Waals surface area contributed by atoms with E-state index >= 15 is 0 Å². The van der Waals surface area contributed by atoms with Crippen LogP contribution in [-0.2, 0) is 13.0 Å². The van der Waals surface area contributed by atoms with Crippen molar-refractivity contribution in [3.63, 3.8) is 0 Å². The maximum Gasteiger partial charge on any atom is 0.129 e. The van der Waals surface area contributed by atoms with Crippen molar-refractivity contribution in [1.29, 1.82) is 0 Å². The summed E-state index contributed by atoms with van der Waals surface area (Å²) < 4.78 is 53.1. The summed E-state index contributed by atoms with van der Waals surface area (Å²) in [5.74, 6) is -2.50. The van der Waals surface area contributed by atoms with E-state index in [0.29, 0.717) is 5.56 Å². The third-order valence-electron chi connectivity index (χ3n) is 3.15. The Balaban J connectivity index is 1.97. The van der Waals surface area contributed by atoms with Crippen LogP contribution in [0, 0.1) is 23.3 Å². The zero-order valence-electron chi connectivity index (χ0n) is 11.5. The highest BCUT2D eigenvalue weighted by Gasteiger charge is 2.12. The second-order valence-corrected chi connectivity index (χ2v) is 4.96. The van der Waals surface area contributed by atoms with Gasteiger partial charge in [-0.3, -0.25) is 0 Å². The Hall–Kier alpha value is -1.88. The van der Waals surface area contributed by atoms with Gasteiger partial charge in [-0.05, 0) is 43.2 Å². The zero-order chi connectivity index (χ0) is 15.4. The van der Waals surface area contributed by atoms with E-state index in [0.717, 1.165) is 6.07 Å². The molecule has 0 saturated carbocycles. The molecule has 0 fully saturated rings. The fourth-order valence-corrected chi connectivity index (χ4v) is 2.11. The fraction of sp³-hybridized carbons (Fsp3) is 0.250. The molecular formula is C16H15F4N. The molecule has 1 atom stereocenters. The minimum absolute atomic E-state index is 0.00271. The van der Waals surface area contributed by atoms with E-state index in [2.05, 4.69) is 5.32 Å². The molecule has 0 heterocycles. The molecule has 112 valence electrons. The van der Waals surface area contributed by atoms with Gasteiger partial charge in [-0.15, -0.1) is 0 Å². The highest BCUT2D eigenvalue weighted by atomic mass is 19.1. The average Bonchev–Trinajstić information content (AvgIpc) is 2.40. The smallest absolute Gasteiger partial charge is 0.129 e. The van der Waals surface area contributed by atoms with Gasteiger partial charge in [0.1, 0.15) is 23.3 Å². The lowest BCUT2D eigenvalue weighted by atomic mass is 10.1. The van der Waals surface area contributed by atoms with Crippen molar-refractivity contribution in [2.75, 3.05) is 0 Å². The molecule has 0 aliphatic carbocycles. The summed E-state index contributed by atoms with van der Waals surface area (Å²) in [6.45, 7) is 1.97. The molecule has 1 nitrogen and oxygen atoms in total. The summed E-state index contributed by atoms with van der Waals surface area (Å²) in [7, 11) is 0. The molecule has 2 rings (SSSR count). The topological polar surface area (TPSA) is 12.0 Å². The van der Waals surface area contributed by atoms with Crippen LogP contribution in [-0.4, -0.2) is 6.04 Å². The van der Waals surface area contributed by atoms with Gasteiger partial charge in [-0.1, -0.05) is 6.07 Å². The molecule has 0 aromatic heterocycles. The summed E-state index contributed by atoms with van der Waals surface area (Å²) in [5, 5.41) is 2.99. The predicted molar refractivity (Wildman–Crippen MR) is 72.7 cm³/mol. The molecule has 2 aromatic carbocycles. The maximum atomic E-state index is 13.5. The van der Waals surface area contributed by atoms with E-state index in [1.165, 1.54) is 30.3 Å². The first-order chi connectivity index (χ1) is 9.95. The van der Waals surface area contributed by atoms with Gasteiger partial charge in [0, 0.05) is 24.2 Å². The third kappa shape index (κ3) is 4.29. The predicted octanol–water partition coefficient (Wildman–Crippen LogP) is 3.96. The fourth-order valence-electron chi connectivity index (χ4n) is 2.11. The van der Waals surface area contributed by atoms with E-state index in [9.17, 15) is 17.6 Å². The highest BCUT2D eigenvalue weighted by molar-refractivity contribution is 5.21. The number of nitrogens with one attached hydrogen (secondary N) is 1. The minimum atomic E-state index is -0.653. The van der Waals surface area contributed by atoms with Gasteiger partial charge in [-0.2, -0.15) is 0 Å². The molecule has 1 unspecified atom stereocenters. The minimum Gasteiger partial charge on any atom is -0.310 e. The summed E-state index contributed by atoms with van der Waals surface area (Å²) in [6, 6.07) is 6.69. The van der Waals surface area contributed by atoms with Crippen molar-refractivity contribution >= 4 is 0 Å². The summed E-state index contributed by atoms with van der Waals surface area (Å²) in [5.41, 5.74) is 0.441. The average molecular weight is 297 g/mol. The Morgan fingerprint density at radius 3 is 2.10 bits per heavy atom. The lowest BCUT2D eigenvalue weighted by molar-refractivity contribution is 0.497. The summed E-state index contributed by atoms with van der Waals surface area (Å²) >= 11 is 0. The van der Waals surface area contributed by atoms with Crippen molar-refractivity contribution in [1.82, 2.24) is 5.32 Å². The molecule has 0 amide bonds. The Kier molecular flexibility index (Phi) is 4.96. The molecule has 0 bridgehead atoms. The van der Waals surface area contributed by atoms with Crippen LogP contribution in [0.15, 0.2) is 36.4 Å². The molecule has 2 aromatic rings. The molecule has 21 heavy (non-hydrogen) atoms. The largest absolute Gasteiger partial charge is 0.310 e. The Bertz CT molecular complexity index is 587. The normalized spacial score (nSPS) is 12.4. The second-order valence-electron chi connectivity index (χ2n) is 4.96. The van der Waals surface area contributed by atoms with Gasteiger partial charge in [0.2, 0.25) is 0 Å². The maximum absolute atomic E-state index is 13.5. The van der Waals surface area contributed by atoms with Gasteiger partial charge in [0.25, 0.3) is 0 Å². The van der Waals surface area contributed by atoms with Crippen LogP contribution < -0.4 is 5.32 Å². The van der Waals surface area contributed by atoms with Crippen molar-refractivity contribution < 1.29 is 17.6 Å². The van der Waals surface area contributed by atoms with Crippen LogP contribution in [0.4, 0.5) is 17.6 Å². The van der Waals surface area contributed by atoms with E-state index < -0.39 is 23.3 Å². The Labute approximate surface area is 120 Å². The molecule has 0 aliphatic rings. The monoisotopic (exact) mass is 297 g/mol. The SMILES string of the molecule is CC(Cc1c(F)cccc1F)NCc1cc(F)cc(F)c1. The van der Waals surface area contributed by atoms with Crippen molar-refractivity contribution in [2.24, 2.45) is 0 Å². The van der Waals surface area contributed by atoms with Crippen LogP contribution in [0.2, 0.25) is 0 Å². The number of hydrogen-bond donors (Lipinski definition) is 1. The molecule has 0 spiro atoms. The van der Waals surface area contributed by atoms with E-state index in [-0.39, 0.29) is 24.6 Å². The second kappa shape index (κ2) is 6.72. The first-order valence-corrected chi connectivity index (χ1v) is 6.57. The molecule has 5 heteroatoms. The first kappa shape index (κ1) is 15.5. The van der Waals surface area contributed by atoms with Gasteiger partial charge in [-0.25, -0.2) is 17.6 Å². The number of halogens is 4. The lowest BCUT2D eigenvalue weighted by Crippen LogP contribution is -2.28. The van der Waals surface area contributed by atoms with Crippen molar-refractivity contribution in [3.05, 3.63) is 70.8 Å². The number of rotatable bonds is 5. The Morgan fingerprint density at radius 2 is 1.52 bits per heavy atom. The molecule has 1 N–H and O–H groups in total. The number of hydrogen-bond acceptors (Lipinski definition) is 1. The van der Waals surface area contributed by atoms with E-state index in [1.807, 2.05) is 0 Å². The van der Waals surface area contributed by atoms with E-state index in [4.69, 9.17) is 0 Å². The molecular weight excluding hydrogens is 282 g/mol. The molecule has 0 radical (unpaired) electrons. The highest BCUT2D eigenvalue weighted by Crippen LogP contribution is 2.14. The van der Waals surface area contributed by atoms with Gasteiger partial charge >= 0.3 is 0 Å². The van der Waals surface area contributed by atoms with Gasteiger partial charge < -0.3 is 5.32 Å². The quantitative estimate of drug-likeness (QED) is 0.824. The van der Waals surface area contributed by atoms with Crippen LogP contribution in [0.3, 0.4) is 0 Å². The van der Waals surface area contributed by atoms with Gasteiger partial charge in [0.15, 0.2) is 0 Å².